The van der Waals surface area contributed by atoms with Crippen molar-refractivity contribution in [3.8, 4) is 0 Å². The molecule has 0 saturated heterocycles. The minimum Gasteiger partial charge on any atom is -0.271 e. The van der Waals surface area contributed by atoms with E-state index in [-0.39, 0.29) is 17.7 Å². The minimum absolute atomic E-state index is 0.281. The van der Waals surface area contributed by atoms with Crippen LogP contribution >= 0.6 is 23.4 Å². The highest BCUT2D eigenvalue weighted by Gasteiger charge is 2.14. The lowest BCUT2D eigenvalue weighted by Crippen LogP contribution is -2.30. The number of hydrazine groups is 1. The van der Waals surface area contributed by atoms with Gasteiger partial charge in [-0.05, 0) is 48.0 Å². The van der Waals surface area contributed by atoms with E-state index in [0.29, 0.717) is 16.3 Å². The summed E-state index contributed by atoms with van der Waals surface area (Å²) in [6, 6.07) is 10.0. The molecule has 0 heterocycles. The number of rotatable bonds is 5. The zero-order chi connectivity index (χ0) is 14.5. The molecule has 1 atom stereocenters. The summed E-state index contributed by atoms with van der Waals surface area (Å²) < 4.78 is 26.1. The van der Waals surface area contributed by atoms with Gasteiger partial charge in [-0.1, -0.05) is 11.6 Å². The number of thioether (sulfide) groups is 1. The maximum absolute atomic E-state index is 13.3. The van der Waals surface area contributed by atoms with Gasteiger partial charge >= 0.3 is 0 Å². The van der Waals surface area contributed by atoms with Crippen LogP contribution in [0.1, 0.15) is 11.6 Å². The Hall–Kier alpha value is -1.14. The molecule has 2 nitrogen and oxygen atoms in total. The molecule has 0 radical (unpaired) electrons. The van der Waals surface area contributed by atoms with Crippen molar-refractivity contribution in [1.29, 1.82) is 0 Å². The van der Waals surface area contributed by atoms with E-state index >= 15 is 0 Å². The van der Waals surface area contributed by atoms with E-state index in [1.807, 2.05) is 0 Å². The van der Waals surface area contributed by atoms with Gasteiger partial charge in [-0.15, -0.1) is 11.8 Å². The van der Waals surface area contributed by atoms with Crippen molar-refractivity contribution in [3.05, 3.63) is 64.7 Å². The molecule has 20 heavy (non-hydrogen) atoms. The van der Waals surface area contributed by atoms with Crippen LogP contribution in [-0.4, -0.2) is 5.75 Å². The van der Waals surface area contributed by atoms with Gasteiger partial charge in [-0.2, -0.15) is 0 Å². The first-order valence-corrected chi connectivity index (χ1v) is 7.26. The molecule has 0 saturated carbocycles. The molecule has 1 unspecified atom stereocenters. The fourth-order valence-corrected chi connectivity index (χ4v) is 2.93. The first-order valence-electron chi connectivity index (χ1n) is 5.89. The minimum atomic E-state index is -0.364. The van der Waals surface area contributed by atoms with Crippen molar-refractivity contribution in [2.24, 2.45) is 5.84 Å². The second-order valence-electron chi connectivity index (χ2n) is 4.15. The van der Waals surface area contributed by atoms with E-state index in [0.717, 1.165) is 4.90 Å². The summed E-state index contributed by atoms with van der Waals surface area (Å²) in [5, 5.41) is 0.453. The van der Waals surface area contributed by atoms with Crippen molar-refractivity contribution >= 4 is 23.4 Å². The molecular formula is C14H13ClF2N2S. The average molecular weight is 315 g/mol. The Morgan fingerprint density at radius 3 is 2.40 bits per heavy atom. The topological polar surface area (TPSA) is 38.0 Å². The Labute approximate surface area is 125 Å². The maximum atomic E-state index is 13.3. The molecule has 106 valence electrons. The molecule has 0 amide bonds. The summed E-state index contributed by atoms with van der Waals surface area (Å²) in [6.07, 6.45) is 0. The van der Waals surface area contributed by atoms with Gasteiger partial charge < -0.3 is 0 Å². The molecule has 0 fully saturated rings. The van der Waals surface area contributed by atoms with Crippen LogP contribution in [0.2, 0.25) is 5.02 Å². The lowest BCUT2D eigenvalue weighted by atomic mass is 10.1. The summed E-state index contributed by atoms with van der Waals surface area (Å²) in [5.74, 6) is 5.41. The fraction of sp³-hybridized carbons (Fsp3) is 0.143. The zero-order valence-corrected chi connectivity index (χ0v) is 12.0. The van der Waals surface area contributed by atoms with Crippen LogP contribution in [0.3, 0.4) is 0 Å². The Morgan fingerprint density at radius 2 is 1.75 bits per heavy atom. The lowest BCUT2D eigenvalue weighted by Gasteiger charge is -2.17. The Bertz CT molecular complexity index is 578. The van der Waals surface area contributed by atoms with E-state index in [1.165, 1.54) is 42.1 Å². The predicted molar refractivity (Wildman–Crippen MR) is 78.6 cm³/mol. The highest BCUT2D eigenvalue weighted by Crippen LogP contribution is 2.29. The maximum Gasteiger partial charge on any atom is 0.123 e. The zero-order valence-electron chi connectivity index (χ0n) is 10.4. The van der Waals surface area contributed by atoms with E-state index in [9.17, 15) is 8.78 Å². The van der Waals surface area contributed by atoms with E-state index in [1.54, 1.807) is 12.1 Å². The standard InChI is InChI=1S/C14H13ClF2N2S/c15-13-6-3-10(17)7-12(13)14(19-18)8-20-11-4-1-9(16)2-5-11/h1-7,14,19H,8,18H2. The molecular weight excluding hydrogens is 302 g/mol. The lowest BCUT2D eigenvalue weighted by molar-refractivity contribution is 0.591. The van der Waals surface area contributed by atoms with Gasteiger partial charge in [0.1, 0.15) is 11.6 Å². The van der Waals surface area contributed by atoms with Crippen LogP contribution in [0, 0.1) is 11.6 Å². The first-order chi connectivity index (χ1) is 9.60. The molecule has 2 rings (SSSR count). The Kier molecular flexibility index (Phi) is 5.37. The average Bonchev–Trinajstić information content (AvgIpc) is 2.45. The molecule has 3 N–H and O–H groups in total. The molecule has 0 aliphatic heterocycles. The van der Waals surface area contributed by atoms with Crippen molar-refractivity contribution in [2.75, 3.05) is 5.75 Å². The molecule has 0 aliphatic rings. The second-order valence-corrected chi connectivity index (χ2v) is 5.65. The van der Waals surface area contributed by atoms with E-state index < -0.39 is 0 Å². The van der Waals surface area contributed by atoms with Crippen LogP contribution in [0.15, 0.2) is 47.4 Å². The second kappa shape index (κ2) is 7.04. The summed E-state index contributed by atoms with van der Waals surface area (Å²) in [6.45, 7) is 0. The number of hydrogen-bond acceptors (Lipinski definition) is 3. The SMILES string of the molecule is NNC(CSc1ccc(F)cc1)c1cc(F)ccc1Cl. The molecule has 0 spiro atoms. The van der Waals surface area contributed by atoms with Crippen LogP contribution in [0.25, 0.3) is 0 Å². The van der Waals surface area contributed by atoms with Gasteiger partial charge in [0.05, 0.1) is 6.04 Å². The summed E-state index contributed by atoms with van der Waals surface area (Å²) in [5.41, 5.74) is 3.22. The van der Waals surface area contributed by atoms with Crippen LogP contribution in [-0.2, 0) is 0 Å². The molecule has 2 aromatic rings. The van der Waals surface area contributed by atoms with Crippen molar-refractivity contribution < 1.29 is 8.78 Å². The van der Waals surface area contributed by atoms with E-state index in [2.05, 4.69) is 5.43 Å². The Morgan fingerprint density at radius 1 is 1.10 bits per heavy atom. The van der Waals surface area contributed by atoms with Gasteiger partial charge in [-0.25, -0.2) is 8.78 Å². The highest BCUT2D eigenvalue weighted by atomic mass is 35.5. The number of benzene rings is 2. The van der Waals surface area contributed by atoms with Crippen LogP contribution in [0.4, 0.5) is 8.78 Å². The highest BCUT2D eigenvalue weighted by molar-refractivity contribution is 7.99. The van der Waals surface area contributed by atoms with Gasteiger partial charge in [0.2, 0.25) is 0 Å². The third kappa shape index (κ3) is 3.93. The summed E-state index contributed by atoms with van der Waals surface area (Å²) in [4.78, 5) is 0.902. The number of nitrogens with one attached hydrogen (secondary N) is 1. The third-order valence-corrected chi connectivity index (χ3v) is 4.21. The van der Waals surface area contributed by atoms with Gasteiger partial charge in [-0.3, -0.25) is 11.3 Å². The largest absolute Gasteiger partial charge is 0.271 e. The van der Waals surface area contributed by atoms with Crippen LogP contribution in [0.5, 0.6) is 0 Å². The summed E-state index contributed by atoms with van der Waals surface area (Å²) >= 11 is 7.53. The molecule has 2 aromatic carbocycles. The quantitative estimate of drug-likeness (QED) is 0.499. The van der Waals surface area contributed by atoms with Crippen molar-refractivity contribution in [3.63, 3.8) is 0 Å². The van der Waals surface area contributed by atoms with Crippen molar-refractivity contribution in [2.45, 2.75) is 10.9 Å². The fourth-order valence-electron chi connectivity index (χ4n) is 1.72. The molecule has 6 heteroatoms. The Balaban J connectivity index is 2.09. The molecule has 0 bridgehead atoms. The monoisotopic (exact) mass is 314 g/mol. The third-order valence-electron chi connectivity index (χ3n) is 2.76. The molecule has 0 aliphatic carbocycles. The summed E-state index contributed by atoms with van der Waals surface area (Å²) in [7, 11) is 0. The normalized spacial score (nSPS) is 12.4. The van der Waals surface area contributed by atoms with Gasteiger partial charge in [0.15, 0.2) is 0 Å². The van der Waals surface area contributed by atoms with Gasteiger partial charge in [0, 0.05) is 15.7 Å². The van der Waals surface area contributed by atoms with E-state index in [4.69, 9.17) is 17.4 Å². The van der Waals surface area contributed by atoms with Gasteiger partial charge in [0.25, 0.3) is 0 Å². The predicted octanol–water partition coefficient (Wildman–Crippen LogP) is 3.91. The number of nitrogens with two attached hydrogens (primary N) is 1. The number of halogens is 3. The number of hydrogen-bond donors (Lipinski definition) is 2. The van der Waals surface area contributed by atoms with Crippen molar-refractivity contribution in [1.82, 2.24) is 5.43 Å². The smallest absolute Gasteiger partial charge is 0.123 e. The molecule has 0 aromatic heterocycles. The van der Waals surface area contributed by atoms with Crippen LogP contribution < -0.4 is 11.3 Å². The first kappa shape index (κ1) is 15.3.